The minimum Gasteiger partial charge on any atom is -0.283 e. The number of hydrogen-bond acceptors (Lipinski definition) is 3. The van der Waals surface area contributed by atoms with E-state index in [0.717, 1.165) is 26.5 Å². The molecule has 0 aliphatic carbocycles. The van der Waals surface area contributed by atoms with Crippen molar-refractivity contribution in [2.75, 3.05) is 4.90 Å². The van der Waals surface area contributed by atoms with Crippen LogP contribution < -0.4 is 4.90 Å². The average Bonchev–Trinajstić information content (AvgIpc) is 3.13. The predicted molar refractivity (Wildman–Crippen MR) is 117 cm³/mol. The monoisotopic (exact) mass is 386 g/mol. The lowest BCUT2D eigenvalue weighted by atomic mass is 10.0. The van der Waals surface area contributed by atoms with Crippen molar-refractivity contribution < 1.29 is 4.79 Å². The van der Waals surface area contributed by atoms with Crippen LogP contribution in [0.5, 0.6) is 0 Å². The lowest BCUT2D eigenvalue weighted by molar-refractivity contribution is -0.118. The number of hydrogen-bond donors (Lipinski definition) is 0. The molecule has 0 spiro atoms. The molecule has 1 amide bonds. The van der Waals surface area contributed by atoms with E-state index in [1.54, 1.807) is 11.3 Å². The Morgan fingerprint density at radius 2 is 1.64 bits per heavy atom. The number of amides is 1. The summed E-state index contributed by atoms with van der Waals surface area (Å²) in [5.41, 5.74) is 5.51. The van der Waals surface area contributed by atoms with E-state index in [4.69, 9.17) is 4.98 Å². The Kier molecular flexibility index (Phi) is 5.22. The van der Waals surface area contributed by atoms with Crippen LogP contribution in [0.3, 0.4) is 0 Å². The van der Waals surface area contributed by atoms with Crippen molar-refractivity contribution in [1.82, 2.24) is 4.98 Å². The maximum absolute atomic E-state index is 13.3. The predicted octanol–water partition coefficient (Wildman–Crippen LogP) is 5.69. The van der Waals surface area contributed by atoms with Crippen molar-refractivity contribution in [3.8, 4) is 0 Å². The number of anilines is 1. The molecule has 28 heavy (non-hydrogen) atoms. The number of carbonyl (C=O) groups excluding carboxylic acids is 1. The number of fused-ring (bicyclic) bond motifs is 1. The first-order valence-corrected chi connectivity index (χ1v) is 10.2. The minimum absolute atomic E-state index is 0.0613. The number of nitrogens with zero attached hydrogens (tertiary/aromatic N) is 2. The highest BCUT2D eigenvalue weighted by atomic mass is 32.1. The third-order valence-corrected chi connectivity index (χ3v) is 5.98. The Morgan fingerprint density at radius 3 is 2.39 bits per heavy atom. The third kappa shape index (κ3) is 3.97. The first-order valence-electron chi connectivity index (χ1n) is 9.36. The lowest BCUT2D eigenvalue weighted by Crippen LogP contribution is -2.31. The van der Waals surface area contributed by atoms with E-state index in [1.807, 2.05) is 65.6 Å². The lowest BCUT2D eigenvalue weighted by Gasteiger charge is -2.20. The summed E-state index contributed by atoms with van der Waals surface area (Å²) in [7, 11) is 0. The fourth-order valence-electron chi connectivity index (χ4n) is 3.19. The molecule has 1 heterocycles. The van der Waals surface area contributed by atoms with Crippen LogP contribution in [-0.4, -0.2) is 10.9 Å². The maximum Gasteiger partial charge on any atom is 0.233 e. The van der Waals surface area contributed by atoms with Crippen molar-refractivity contribution in [2.24, 2.45) is 0 Å². The van der Waals surface area contributed by atoms with Crippen LogP contribution in [-0.2, 0) is 17.8 Å². The number of rotatable bonds is 5. The zero-order valence-electron chi connectivity index (χ0n) is 16.1. The quantitative estimate of drug-likeness (QED) is 0.441. The van der Waals surface area contributed by atoms with Crippen LogP contribution in [0.1, 0.15) is 22.3 Å². The summed E-state index contributed by atoms with van der Waals surface area (Å²) in [4.78, 5) is 19.8. The SMILES string of the molecule is Cc1ccc(CC(=O)N(Cc2ccccc2)c2nc3ccccc3s2)cc1C. The van der Waals surface area contributed by atoms with E-state index in [2.05, 4.69) is 26.0 Å². The van der Waals surface area contributed by atoms with Gasteiger partial charge in [0.15, 0.2) is 5.13 Å². The zero-order valence-corrected chi connectivity index (χ0v) is 16.9. The van der Waals surface area contributed by atoms with Gasteiger partial charge in [0.1, 0.15) is 0 Å². The van der Waals surface area contributed by atoms with Gasteiger partial charge in [-0.3, -0.25) is 9.69 Å². The molecule has 0 fully saturated rings. The standard InChI is InChI=1S/C24H22N2OS/c1-17-12-13-20(14-18(17)2)15-23(27)26(16-19-8-4-3-5-9-19)24-25-21-10-6-7-11-22(21)28-24/h3-14H,15-16H2,1-2H3. The second-order valence-corrected chi connectivity index (χ2v) is 8.03. The van der Waals surface area contributed by atoms with Gasteiger partial charge in [-0.15, -0.1) is 0 Å². The molecule has 0 unspecified atom stereocenters. The van der Waals surface area contributed by atoms with Crippen LogP contribution in [0.15, 0.2) is 72.8 Å². The number of thiazole rings is 1. The Balaban J connectivity index is 1.67. The smallest absolute Gasteiger partial charge is 0.233 e. The number of carbonyl (C=O) groups is 1. The van der Waals surface area contributed by atoms with E-state index in [0.29, 0.717) is 13.0 Å². The molecule has 0 saturated heterocycles. The molecule has 4 rings (SSSR count). The molecule has 0 aliphatic heterocycles. The largest absolute Gasteiger partial charge is 0.283 e. The fraction of sp³-hybridized carbons (Fsp3) is 0.167. The molecule has 1 aromatic heterocycles. The summed E-state index contributed by atoms with van der Waals surface area (Å²) in [5.74, 6) is 0.0613. The minimum atomic E-state index is 0.0613. The average molecular weight is 387 g/mol. The Labute approximate surface area is 169 Å². The van der Waals surface area contributed by atoms with Gasteiger partial charge in [0.05, 0.1) is 23.2 Å². The van der Waals surface area contributed by atoms with E-state index in [-0.39, 0.29) is 5.91 Å². The second-order valence-electron chi connectivity index (χ2n) is 7.03. The summed E-state index contributed by atoms with van der Waals surface area (Å²) in [5, 5.41) is 0.749. The summed E-state index contributed by atoms with van der Waals surface area (Å²) >= 11 is 1.56. The van der Waals surface area contributed by atoms with Gasteiger partial charge in [-0.25, -0.2) is 4.98 Å². The molecule has 4 heteroatoms. The molecule has 140 valence electrons. The van der Waals surface area contributed by atoms with Gasteiger partial charge in [-0.05, 0) is 48.2 Å². The fourth-order valence-corrected chi connectivity index (χ4v) is 4.17. The molecule has 0 bridgehead atoms. The molecule has 3 nitrogen and oxygen atoms in total. The van der Waals surface area contributed by atoms with Gasteiger partial charge in [0.25, 0.3) is 0 Å². The molecule has 0 atom stereocenters. The Morgan fingerprint density at radius 1 is 0.893 bits per heavy atom. The van der Waals surface area contributed by atoms with Gasteiger partial charge in [-0.2, -0.15) is 0 Å². The summed E-state index contributed by atoms with van der Waals surface area (Å²) < 4.78 is 1.09. The zero-order chi connectivity index (χ0) is 19.5. The van der Waals surface area contributed by atoms with Gasteiger partial charge in [0.2, 0.25) is 5.91 Å². The summed E-state index contributed by atoms with van der Waals surface area (Å²) in [6.07, 6.45) is 0.365. The number of para-hydroxylation sites is 1. The van der Waals surface area contributed by atoms with Crippen molar-refractivity contribution >= 4 is 32.6 Å². The van der Waals surface area contributed by atoms with Crippen molar-refractivity contribution in [3.05, 3.63) is 95.1 Å². The maximum atomic E-state index is 13.3. The van der Waals surface area contributed by atoms with E-state index < -0.39 is 0 Å². The number of benzene rings is 3. The molecular weight excluding hydrogens is 364 g/mol. The number of aryl methyl sites for hydroxylation is 2. The molecular formula is C24H22N2OS. The van der Waals surface area contributed by atoms with Crippen LogP contribution >= 0.6 is 11.3 Å². The first-order chi connectivity index (χ1) is 13.6. The summed E-state index contributed by atoms with van der Waals surface area (Å²) in [6.45, 7) is 4.69. The number of aromatic nitrogens is 1. The second kappa shape index (κ2) is 7.95. The van der Waals surface area contributed by atoms with Crippen LogP contribution in [0.4, 0.5) is 5.13 Å². The van der Waals surface area contributed by atoms with Crippen molar-refractivity contribution in [2.45, 2.75) is 26.8 Å². The van der Waals surface area contributed by atoms with E-state index >= 15 is 0 Å². The topological polar surface area (TPSA) is 33.2 Å². The molecule has 0 aliphatic rings. The van der Waals surface area contributed by atoms with Gasteiger partial charge >= 0.3 is 0 Å². The molecule has 0 saturated carbocycles. The molecule has 3 aromatic carbocycles. The highest BCUT2D eigenvalue weighted by Crippen LogP contribution is 2.30. The highest BCUT2D eigenvalue weighted by Gasteiger charge is 2.20. The van der Waals surface area contributed by atoms with Crippen molar-refractivity contribution in [3.63, 3.8) is 0 Å². The first kappa shape index (κ1) is 18.4. The molecule has 0 N–H and O–H groups in total. The van der Waals surface area contributed by atoms with Crippen LogP contribution in [0.2, 0.25) is 0 Å². The van der Waals surface area contributed by atoms with Gasteiger partial charge < -0.3 is 0 Å². The van der Waals surface area contributed by atoms with Crippen LogP contribution in [0.25, 0.3) is 10.2 Å². The van der Waals surface area contributed by atoms with E-state index in [9.17, 15) is 4.79 Å². The Bertz CT molecular complexity index is 1080. The third-order valence-electron chi connectivity index (χ3n) is 4.92. The highest BCUT2D eigenvalue weighted by molar-refractivity contribution is 7.22. The molecule has 4 aromatic rings. The summed E-state index contributed by atoms with van der Waals surface area (Å²) in [6, 6.07) is 24.3. The van der Waals surface area contributed by atoms with E-state index in [1.165, 1.54) is 11.1 Å². The Hall–Kier alpha value is -2.98. The van der Waals surface area contributed by atoms with Gasteiger partial charge in [0, 0.05) is 0 Å². The van der Waals surface area contributed by atoms with Crippen molar-refractivity contribution in [1.29, 1.82) is 0 Å². The molecule has 0 radical (unpaired) electrons. The van der Waals surface area contributed by atoms with Crippen LogP contribution in [0, 0.1) is 13.8 Å². The van der Waals surface area contributed by atoms with Gasteiger partial charge in [-0.1, -0.05) is 72.0 Å². The normalized spacial score (nSPS) is 10.9.